The van der Waals surface area contributed by atoms with Gasteiger partial charge in [-0.2, -0.15) is 0 Å². The average Bonchev–Trinajstić information content (AvgIpc) is 2.41. The molecule has 0 radical (unpaired) electrons. The zero-order valence-electron chi connectivity index (χ0n) is 12.1. The van der Waals surface area contributed by atoms with Gasteiger partial charge in [0.1, 0.15) is 11.7 Å². The minimum atomic E-state index is -1.13. The van der Waals surface area contributed by atoms with Crippen LogP contribution in [0.3, 0.4) is 0 Å². The number of hydrogen-bond acceptors (Lipinski definition) is 5. The lowest BCUT2D eigenvalue weighted by Gasteiger charge is -2.27. The van der Waals surface area contributed by atoms with Gasteiger partial charge in [-0.05, 0) is 5.41 Å². The highest BCUT2D eigenvalue weighted by atomic mass is 16.4. The third-order valence-electron chi connectivity index (χ3n) is 2.62. The summed E-state index contributed by atoms with van der Waals surface area (Å²) in [7, 11) is 0. The minimum Gasteiger partial charge on any atom is -0.480 e. The quantitative estimate of drug-likeness (QED) is 0.692. The Morgan fingerprint density at radius 1 is 1.29 bits per heavy atom. The standard InChI is InChI=1S/C13H18N4O4/c1-13(2,3)10(12(20)21)17-9(18)7-16-11(19)8-6-14-4-5-15-8/h4-6,10H,7H2,1-3H3,(H,16,19)(H,17,18)(H,20,21)/t10-/m1/s1. The van der Waals surface area contributed by atoms with Crippen LogP contribution in [0.4, 0.5) is 0 Å². The first kappa shape index (κ1) is 16.5. The number of aliphatic carboxylic acids is 1. The number of rotatable bonds is 5. The maximum absolute atomic E-state index is 11.7. The van der Waals surface area contributed by atoms with Gasteiger partial charge in [0.2, 0.25) is 5.91 Å². The molecule has 0 aliphatic rings. The second kappa shape index (κ2) is 6.78. The lowest BCUT2D eigenvalue weighted by molar-refractivity contribution is -0.144. The number of carbonyl (C=O) groups excluding carboxylic acids is 2. The van der Waals surface area contributed by atoms with Gasteiger partial charge in [-0.3, -0.25) is 14.6 Å². The molecule has 0 saturated heterocycles. The Labute approximate surface area is 122 Å². The van der Waals surface area contributed by atoms with Gasteiger partial charge in [0, 0.05) is 12.4 Å². The smallest absolute Gasteiger partial charge is 0.326 e. The molecule has 21 heavy (non-hydrogen) atoms. The van der Waals surface area contributed by atoms with Crippen LogP contribution in [0.1, 0.15) is 31.3 Å². The molecule has 2 amide bonds. The Morgan fingerprint density at radius 2 is 1.95 bits per heavy atom. The van der Waals surface area contributed by atoms with Crippen LogP contribution < -0.4 is 10.6 Å². The minimum absolute atomic E-state index is 0.0795. The fourth-order valence-electron chi connectivity index (χ4n) is 1.53. The second-order valence-corrected chi connectivity index (χ2v) is 5.48. The highest BCUT2D eigenvalue weighted by molar-refractivity contribution is 5.95. The number of aromatic nitrogens is 2. The maximum atomic E-state index is 11.7. The summed E-state index contributed by atoms with van der Waals surface area (Å²) in [6, 6.07) is -1.04. The van der Waals surface area contributed by atoms with Gasteiger partial charge in [0.25, 0.3) is 5.91 Å². The first-order chi connectivity index (χ1) is 9.71. The average molecular weight is 294 g/mol. The monoisotopic (exact) mass is 294 g/mol. The van der Waals surface area contributed by atoms with Crippen LogP contribution in [0.5, 0.6) is 0 Å². The van der Waals surface area contributed by atoms with Crippen LogP contribution >= 0.6 is 0 Å². The molecule has 114 valence electrons. The molecule has 0 unspecified atom stereocenters. The van der Waals surface area contributed by atoms with E-state index < -0.39 is 29.2 Å². The largest absolute Gasteiger partial charge is 0.480 e. The van der Waals surface area contributed by atoms with Crippen LogP contribution in [-0.4, -0.2) is 45.4 Å². The Bertz CT molecular complexity index is 525. The predicted molar refractivity (Wildman–Crippen MR) is 73.4 cm³/mol. The molecule has 1 aromatic heterocycles. The highest BCUT2D eigenvalue weighted by Crippen LogP contribution is 2.19. The molecule has 0 fully saturated rings. The zero-order chi connectivity index (χ0) is 16.0. The Morgan fingerprint density at radius 3 is 2.43 bits per heavy atom. The lowest BCUT2D eigenvalue weighted by Crippen LogP contribution is -2.51. The topological polar surface area (TPSA) is 121 Å². The van der Waals surface area contributed by atoms with Crippen molar-refractivity contribution in [2.45, 2.75) is 26.8 Å². The second-order valence-electron chi connectivity index (χ2n) is 5.48. The van der Waals surface area contributed by atoms with Crippen molar-refractivity contribution in [3.63, 3.8) is 0 Å². The number of carboxylic acids is 1. The summed E-state index contributed by atoms with van der Waals surface area (Å²) in [6.07, 6.45) is 4.04. The van der Waals surface area contributed by atoms with Crippen LogP contribution in [0.25, 0.3) is 0 Å². The summed E-state index contributed by atoms with van der Waals surface area (Å²) >= 11 is 0. The van der Waals surface area contributed by atoms with E-state index >= 15 is 0 Å². The van der Waals surface area contributed by atoms with E-state index in [-0.39, 0.29) is 12.2 Å². The van der Waals surface area contributed by atoms with Crippen LogP contribution in [0.2, 0.25) is 0 Å². The third kappa shape index (κ3) is 5.17. The molecule has 8 heteroatoms. The van der Waals surface area contributed by atoms with Gasteiger partial charge in [-0.1, -0.05) is 20.8 Å². The normalized spacial score (nSPS) is 12.3. The molecular weight excluding hydrogens is 276 g/mol. The SMILES string of the molecule is CC(C)(C)[C@H](NC(=O)CNC(=O)c1cnccn1)C(=O)O. The van der Waals surface area contributed by atoms with Gasteiger partial charge in [-0.25, -0.2) is 9.78 Å². The van der Waals surface area contributed by atoms with Crippen molar-refractivity contribution in [3.05, 3.63) is 24.3 Å². The molecule has 0 bridgehead atoms. The molecule has 0 aromatic carbocycles. The summed E-state index contributed by atoms with van der Waals surface area (Å²) in [6.45, 7) is 4.76. The van der Waals surface area contributed by atoms with Gasteiger partial charge >= 0.3 is 5.97 Å². The molecule has 1 aromatic rings. The van der Waals surface area contributed by atoms with Crippen molar-refractivity contribution in [2.75, 3.05) is 6.54 Å². The molecule has 1 heterocycles. The predicted octanol–water partition coefficient (Wildman–Crippen LogP) is -0.178. The molecule has 0 spiro atoms. The molecular formula is C13H18N4O4. The molecule has 8 nitrogen and oxygen atoms in total. The van der Waals surface area contributed by atoms with Crippen molar-refractivity contribution < 1.29 is 19.5 Å². The summed E-state index contributed by atoms with van der Waals surface area (Å²) in [4.78, 5) is 42.0. The zero-order valence-corrected chi connectivity index (χ0v) is 12.1. The summed E-state index contributed by atoms with van der Waals surface area (Å²) < 4.78 is 0. The van der Waals surface area contributed by atoms with E-state index in [1.807, 2.05) is 0 Å². The summed E-state index contributed by atoms with van der Waals surface area (Å²) in [5.74, 6) is -2.27. The number of carboxylic acid groups (broad SMARTS) is 1. The fourth-order valence-corrected chi connectivity index (χ4v) is 1.53. The molecule has 0 aliphatic carbocycles. The number of nitrogens with one attached hydrogen (secondary N) is 2. The van der Waals surface area contributed by atoms with Crippen molar-refractivity contribution >= 4 is 17.8 Å². The number of hydrogen-bond donors (Lipinski definition) is 3. The number of amides is 2. The molecule has 1 atom stereocenters. The van der Waals surface area contributed by atoms with E-state index in [1.165, 1.54) is 18.6 Å². The maximum Gasteiger partial charge on any atom is 0.326 e. The summed E-state index contributed by atoms with van der Waals surface area (Å²) in [5.41, 5.74) is -0.563. The van der Waals surface area contributed by atoms with Gasteiger partial charge in [0.05, 0.1) is 12.7 Å². The van der Waals surface area contributed by atoms with E-state index in [0.717, 1.165) is 0 Å². The molecule has 1 rings (SSSR count). The van der Waals surface area contributed by atoms with Crippen molar-refractivity contribution in [2.24, 2.45) is 5.41 Å². The highest BCUT2D eigenvalue weighted by Gasteiger charge is 2.32. The van der Waals surface area contributed by atoms with E-state index in [4.69, 9.17) is 5.11 Å². The van der Waals surface area contributed by atoms with Crippen LogP contribution in [0, 0.1) is 5.41 Å². The Kier molecular flexibility index (Phi) is 5.34. The fraction of sp³-hybridized carbons (Fsp3) is 0.462. The van der Waals surface area contributed by atoms with Crippen LogP contribution in [-0.2, 0) is 9.59 Å². The Hall–Kier alpha value is -2.51. The third-order valence-corrected chi connectivity index (χ3v) is 2.62. The van der Waals surface area contributed by atoms with E-state index in [0.29, 0.717) is 0 Å². The van der Waals surface area contributed by atoms with E-state index in [1.54, 1.807) is 20.8 Å². The lowest BCUT2D eigenvalue weighted by atomic mass is 9.87. The number of nitrogens with zero attached hydrogens (tertiary/aromatic N) is 2. The van der Waals surface area contributed by atoms with Crippen molar-refractivity contribution in [3.8, 4) is 0 Å². The molecule has 0 aliphatic heterocycles. The van der Waals surface area contributed by atoms with E-state index in [2.05, 4.69) is 20.6 Å². The van der Waals surface area contributed by atoms with Crippen LogP contribution in [0.15, 0.2) is 18.6 Å². The first-order valence-electron chi connectivity index (χ1n) is 6.28. The van der Waals surface area contributed by atoms with Gasteiger partial charge in [0.15, 0.2) is 0 Å². The Balaban J connectivity index is 2.54. The molecule has 0 saturated carbocycles. The van der Waals surface area contributed by atoms with Crippen molar-refractivity contribution in [1.82, 2.24) is 20.6 Å². The number of carbonyl (C=O) groups is 3. The van der Waals surface area contributed by atoms with E-state index in [9.17, 15) is 14.4 Å². The van der Waals surface area contributed by atoms with Gasteiger partial charge < -0.3 is 15.7 Å². The first-order valence-corrected chi connectivity index (χ1v) is 6.28. The van der Waals surface area contributed by atoms with Crippen molar-refractivity contribution in [1.29, 1.82) is 0 Å². The van der Waals surface area contributed by atoms with Gasteiger partial charge in [-0.15, -0.1) is 0 Å². The summed E-state index contributed by atoms with van der Waals surface area (Å²) in [5, 5.41) is 13.8. The molecule has 3 N–H and O–H groups in total.